The van der Waals surface area contributed by atoms with Crippen molar-refractivity contribution in [2.45, 2.75) is 309 Å². The number of hydrogen-bond donors (Lipinski definition) is 0. The molecule has 0 aliphatic carbocycles. The Morgan fingerprint density at radius 3 is 0.892 bits per heavy atom. The summed E-state index contributed by atoms with van der Waals surface area (Å²) in [4.78, 5) is 38.1. The summed E-state index contributed by atoms with van der Waals surface area (Å²) < 4.78 is 16.8. The largest absolute Gasteiger partial charge is 0.462 e. The molecule has 0 amide bonds. The molecule has 65 heavy (non-hydrogen) atoms. The minimum Gasteiger partial charge on any atom is -0.462 e. The Balaban J connectivity index is 4.36. The van der Waals surface area contributed by atoms with Gasteiger partial charge in [0.2, 0.25) is 0 Å². The van der Waals surface area contributed by atoms with E-state index in [1.54, 1.807) is 0 Å². The maximum absolute atomic E-state index is 12.8. The van der Waals surface area contributed by atoms with Crippen LogP contribution in [0.15, 0.2) is 36.5 Å². The third-order valence-corrected chi connectivity index (χ3v) is 12.6. The van der Waals surface area contributed by atoms with Crippen molar-refractivity contribution in [2.24, 2.45) is 0 Å². The molecule has 0 saturated heterocycles. The molecular formula is C59H108O6. The zero-order valence-electron chi connectivity index (χ0n) is 43.5. The lowest BCUT2D eigenvalue weighted by molar-refractivity contribution is -0.167. The van der Waals surface area contributed by atoms with Gasteiger partial charge in [0, 0.05) is 19.3 Å². The van der Waals surface area contributed by atoms with Crippen molar-refractivity contribution in [1.29, 1.82) is 0 Å². The fourth-order valence-corrected chi connectivity index (χ4v) is 8.33. The number of unbranched alkanes of at least 4 members (excludes halogenated alkanes) is 35. The van der Waals surface area contributed by atoms with Crippen molar-refractivity contribution in [3.63, 3.8) is 0 Å². The van der Waals surface area contributed by atoms with Gasteiger partial charge in [-0.15, -0.1) is 0 Å². The molecule has 0 unspecified atom stereocenters. The van der Waals surface area contributed by atoms with Crippen LogP contribution < -0.4 is 0 Å². The minimum atomic E-state index is -0.782. The average Bonchev–Trinajstić information content (AvgIpc) is 3.30. The van der Waals surface area contributed by atoms with Crippen molar-refractivity contribution in [1.82, 2.24) is 0 Å². The van der Waals surface area contributed by atoms with Crippen LogP contribution in [0.3, 0.4) is 0 Å². The molecule has 380 valence electrons. The first-order chi connectivity index (χ1) is 32.0. The highest BCUT2D eigenvalue weighted by Crippen LogP contribution is 2.17. The van der Waals surface area contributed by atoms with Crippen molar-refractivity contribution >= 4 is 17.9 Å². The van der Waals surface area contributed by atoms with Crippen LogP contribution in [0.1, 0.15) is 303 Å². The predicted octanol–water partition coefficient (Wildman–Crippen LogP) is 18.9. The van der Waals surface area contributed by atoms with E-state index in [9.17, 15) is 14.4 Å². The maximum Gasteiger partial charge on any atom is 0.306 e. The van der Waals surface area contributed by atoms with Crippen molar-refractivity contribution in [3.8, 4) is 0 Å². The third-order valence-electron chi connectivity index (χ3n) is 12.6. The van der Waals surface area contributed by atoms with Gasteiger partial charge in [-0.05, 0) is 57.8 Å². The number of allylic oxidation sites excluding steroid dienone is 6. The van der Waals surface area contributed by atoms with Crippen LogP contribution in [-0.2, 0) is 28.6 Å². The van der Waals surface area contributed by atoms with Crippen LogP contribution in [0.25, 0.3) is 0 Å². The molecule has 6 nitrogen and oxygen atoms in total. The van der Waals surface area contributed by atoms with E-state index in [0.29, 0.717) is 19.3 Å². The summed E-state index contributed by atoms with van der Waals surface area (Å²) in [5, 5.41) is 0. The Morgan fingerprint density at radius 2 is 0.554 bits per heavy atom. The van der Waals surface area contributed by atoms with E-state index in [-0.39, 0.29) is 31.1 Å². The molecule has 0 radical (unpaired) electrons. The Kier molecular flexibility index (Phi) is 52.3. The normalized spacial score (nSPS) is 12.2. The number of hydrogen-bond acceptors (Lipinski definition) is 6. The Hall–Kier alpha value is -2.37. The summed E-state index contributed by atoms with van der Waals surface area (Å²) in [5.41, 5.74) is 0. The summed E-state index contributed by atoms with van der Waals surface area (Å²) in [6.45, 7) is 6.62. The monoisotopic (exact) mass is 913 g/mol. The van der Waals surface area contributed by atoms with Crippen LogP contribution in [0, 0.1) is 0 Å². The number of carbonyl (C=O) groups excluding carboxylic acids is 3. The van der Waals surface area contributed by atoms with E-state index in [1.165, 1.54) is 193 Å². The Labute approximate surface area is 404 Å². The molecule has 0 aromatic carbocycles. The molecule has 0 aromatic rings. The van der Waals surface area contributed by atoms with Crippen molar-refractivity contribution < 1.29 is 28.6 Å². The lowest BCUT2D eigenvalue weighted by Crippen LogP contribution is -2.30. The van der Waals surface area contributed by atoms with Gasteiger partial charge in [0.15, 0.2) is 6.10 Å². The van der Waals surface area contributed by atoms with Gasteiger partial charge in [-0.3, -0.25) is 14.4 Å². The van der Waals surface area contributed by atoms with E-state index in [4.69, 9.17) is 14.2 Å². The molecule has 0 aliphatic rings. The molecule has 1 atom stereocenters. The highest BCUT2D eigenvalue weighted by atomic mass is 16.6. The first-order valence-corrected chi connectivity index (χ1v) is 28.5. The highest BCUT2D eigenvalue weighted by molar-refractivity contribution is 5.71. The van der Waals surface area contributed by atoms with Crippen LogP contribution in [0.2, 0.25) is 0 Å². The molecule has 0 bridgehead atoms. The molecule has 0 aliphatic heterocycles. The molecule has 0 heterocycles. The number of ether oxygens (including phenoxy) is 3. The number of rotatable bonds is 52. The quantitative estimate of drug-likeness (QED) is 0.0262. The average molecular weight is 914 g/mol. The smallest absolute Gasteiger partial charge is 0.306 e. The fraction of sp³-hybridized carbons (Fsp3) is 0.847. The second-order valence-corrected chi connectivity index (χ2v) is 19.2. The third kappa shape index (κ3) is 52.5. The van der Waals surface area contributed by atoms with E-state index in [0.717, 1.165) is 70.6 Å². The van der Waals surface area contributed by atoms with E-state index in [2.05, 4.69) is 57.2 Å². The van der Waals surface area contributed by atoms with Gasteiger partial charge in [0.25, 0.3) is 0 Å². The van der Waals surface area contributed by atoms with Crippen molar-refractivity contribution in [2.75, 3.05) is 13.2 Å². The molecule has 0 rings (SSSR count). The topological polar surface area (TPSA) is 78.9 Å². The zero-order chi connectivity index (χ0) is 47.2. The highest BCUT2D eigenvalue weighted by Gasteiger charge is 2.19. The summed E-state index contributed by atoms with van der Waals surface area (Å²) in [6.07, 6.45) is 64.2. The zero-order valence-corrected chi connectivity index (χ0v) is 43.5. The second-order valence-electron chi connectivity index (χ2n) is 19.2. The maximum atomic E-state index is 12.8. The lowest BCUT2D eigenvalue weighted by atomic mass is 10.0. The van der Waals surface area contributed by atoms with Crippen LogP contribution in [-0.4, -0.2) is 37.2 Å². The lowest BCUT2D eigenvalue weighted by Gasteiger charge is -2.18. The standard InChI is InChI=1S/C59H108O6/c1-4-7-10-13-16-19-22-25-27-28-29-30-32-35-38-41-44-47-50-53-59(62)65-56(54-63-57(60)51-48-45-42-39-36-33-24-21-18-15-12-9-6-3)55-64-58(61)52-49-46-43-40-37-34-31-26-23-20-17-14-11-8-5-2/h17,20,26,31,37,40,56H,4-16,18-19,21-25,27-30,32-36,38-39,41-55H2,1-3H3/b20-17-,31-26-,40-37-/t56-/m0/s1. The molecule has 6 heteroatoms. The minimum absolute atomic E-state index is 0.0794. The predicted molar refractivity (Wildman–Crippen MR) is 279 cm³/mol. The van der Waals surface area contributed by atoms with E-state index >= 15 is 0 Å². The summed E-state index contributed by atoms with van der Waals surface area (Å²) >= 11 is 0. The summed E-state index contributed by atoms with van der Waals surface area (Å²) in [5.74, 6) is -0.902. The van der Waals surface area contributed by atoms with Gasteiger partial charge in [-0.1, -0.05) is 263 Å². The molecule has 0 saturated carbocycles. The van der Waals surface area contributed by atoms with Crippen molar-refractivity contribution in [3.05, 3.63) is 36.5 Å². The van der Waals surface area contributed by atoms with E-state index in [1.807, 2.05) is 0 Å². The second kappa shape index (κ2) is 54.2. The van der Waals surface area contributed by atoms with Crippen LogP contribution >= 0.6 is 0 Å². The fourth-order valence-electron chi connectivity index (χ4n) is 8.33. The Morgan fingerprint density at radius 1 is 0.308 bits per heavy atom. The molecule has 0 aromatic heterocycles. The van der Waals surface area contributed by atoms with Gasteiger partial charge in [-0.2, -0.15) is 0 Å². The molecule has 0 spiro atoms. The summed E-state index contributed by atoms with van der Waals surface area (Å²) in [7, 11) is 0. The van der Waals surface area contributed by atoms with Gasteiger partial charge in [0.1, 0.15) is 13.2 Å². The van der Waals surface area contributed by atoms with Gasteiger partial charge < -0.3 is 14.2 Å². The molecular weight excluding hydrogens is 805 g/mol. The van der Waals surface area contributed by atoms with Crippen LogP contribution in [0.5, 0.6) is 0 Å². The number of carbonyl (C=O) groups is 3. The number of esters is 3. The van der Waals surface area contributed by atoms with Crippen LogP contribution in [0.4, 0.5) is 0 Å². The SMILES string of the molecule is CCCCC/C=C\C/C=C\C/C=C\CCCCC(=O)OC[C@H](COC(=O)CCCCCCCCCCCCCCC)OC(=O)CCCCCCCCCCCCCCCCCCCCC. The van der Waals surface area contributed by atoms with E-state index < -0.39 is 6.10 Å². The first-order valence-electron chi connectivity index (χ1n) is 28.5. The first kappa shape index (κ1) is 62.6. The Bertz CT molecular complexity index is 1090. The van der Waals surface area contributed by atoms with Gasteiger partial charge >= 0.3 is 17.9 Å². The summed E-state index contributed by atoms with van der Waals surface area (Å²) in [6, 6.07) is 0. The molecule has 0 N–H and O–H groups in total. The van der Waals surface area contributed by atoms with Gasteiger partial charge in [0.05, 0.1) is 0 Å². The molecule has 0 fully saturated rings. The van der Waals surface area contributed by atoms with Gasteiger partial charge in [-0.25, -0.2) is 0 Å².